The molecule has 4 rings (SSSR count). The Bertz CT molecular complexity index is 661. The molecular weight excluding hydrogens is 298 g/mol. The van der Waals surface area contributed by atoms with E-state index < -0.39 is 0 Å². The molecule has 0 bridgehead atoms. The second-order valence-corrected chi connectivity index (χ2v) is 6.01. The van der Waals surface area contributed by atoms with E-state index in [9.17, 15) is 4.79 Å². The number of rotatable bonds is 3. The fraction of sp³-hybridized carbons (Fsp3) is 0.562. The molecule has 2 aromatic rings. The Hall–Kier alpha value is -2.15. The Balaban J connectivity index is 1.52. The summed E-state index contributed by atoms with van der Waals surface area (Å²) in [5.41, 5.74) is 0. The fourth-order valence-corrected chi connectivity index (χ4v) is 3.31. The number of likely N-dealkylation sites (tertiary alicyclic amines) is 1. The Morgan fingerprint density at radius 3 is 2.91 bits per heavy atom. The Kier molecular flexibility index (Phi) is 3.87. The third-order valence-corrected chi connectivity index (χ3v) is 4.57. The second kappa shape index (κ2) is 6.16. The van der Waals surface area contributed by atoms with Crippen molar-refractivity contribution in [1.29, 1.82) is 0 Å². The van der Waals surface area contributed by atoms with Crippen LogP contribution in [0.25, 0.3) is 0 Å². The summed E-state index contributed by atoms with van der Waals surface area (Å²) in [5, 5.41) is 4.14. The Morgan fingerprint density at radius 2 is 2.13 bits per heavy atom. The van der Waals surface area contributed by atoms with Gasteiger partial charge in [-0.05, 0) is 37.8 Å². The molecule has 1 amide bonds. The number of nitrogens with zero attached hydrogens (tertiary/aromatic N) is 3. The number of hydrogen-bond acceptors (Lipinski definition) is 6. The Morgan fingerprint density at radius 1 is 1.26 bits per heavy atom. The van der Waals surface area contributed by atoms with Crippen molar-refractivity contribution in [3.8, 4) is 0 Å². The summed E-state index contributed by atoms with van der Waals surface area (Å²) in [5.74, 6) is 1.78. The quantitative estimate of drug-likeness (QED) is 0.865. The van der Waals surface area contributed by atoms with Gasteiger partial charge in [-0.1, -0.05) is 5.16 Å². The summed E-state index contributed by atoms with van der Waals surface area (Å²) in [7, 11) is 0. The van der Waals surface area contributed by atoms with Crippen LogP contribution in [0.3, 0.4) is 0 Å². The molecule has 7 heteroatoms. The van der Waals surface area contributed by atoms with E-state index in [1.807, 2.05) is 0 Å². The van der Waals surface area contributed by atoms with E-state index in [-0.39, 0.29) is 17.9 Å². The zero-order valence-corrected chi connectivity index (χ0v) is 12.8. The number of carbonyl (C=O) groups excluding carboxylic acids is 1. The largest absolute Gasteiger partial charge is 0.459 e. The van der Waals surface area contributed by atoms with Crippen LogP contribution in [0, 0.1) is 0 Å². The van der Waals surface area contributed by atoms with E-state index in [2.05, 4.69) is 10.1 Å². The molecule has 0 spiro atoms. The maximum atomic E-state index is 12.5. The summed E-state index contributed by atoms with van der Waals surface area (Å²) in [6, 6.07) is 3.24. The van der Waals surface area contributed by atoms with E-state index >= 15 is 0 Å². The number of hydrogen-bond donors (Lipinski definition) is 0. The molecule has 2 saturated heterocycles. The highest BCUT2D eigenvalue weighted by Crippen LogP contribution is 2.34. The van der Waals surface area contributed by atoms with Crippen LogP contribution in [0.2, 0.25) is 0 Å². The topological polar surface area (TPSA) is 81.6 Å². The maximum absolute atomic E-state index is 12.5. The minimum atomic E-state index is -0.159. The highest BCUT2D eigenvalue weighted by atomic mass is 16.5. The smallest absolute Gasteiger partial charge is 0.290 e. The molecule has 23 heavy (non-hydrogen) atoms. The third kappa shape index (κ3) is 2.76. The van der Waals surface area contributed by atoms with Crippen molar-refractivity contribution < 1.29 is 18.5 Å². The van der Waals surface area contributed by atoms with Crippen molar-refractivity contribution in [1.82, 2.24) is 15.0 Å². The van der Waals surface area contributed by atoms with E-state index in [0.29, 0.717) is 18.2 Å². The monoisotopic (exact) mass is 317 g/mol. The van der Waals surface area contributed by atoms with Gasteiger partial charge in [0.15, 0.2) is 11.6 Å². The lowest BCUT2D eigenvalue weighted by Gasteiger charge is -2.20. The van der Waals surface area contributed by atoms with Gasteiger partial charge in [0.1, 0.15) is 6.04 Å². The van der Waals surface area contributed by atoms with Crippen molar-refractivity contribution in [3.05, 3.63) is 35.9 Å². The summed E-state index contributed by atoms with van der Waals surface area (Å²) in [4.78, 5) is 18.9. The van der Waals surface area contributed by atoms with E-state index in [0.717, 1.165) is 44.7 Å². The van der Waals surface area contributed by atoms with Crippen molar-refractivity contribution >= 4 is 5.91 Å². The first-order valence-electron chi connectivity index (χ1n) is 8.08. The van der Waals surface area contributed by atoms with Gasteiger partial charge in [0.05, 0.1) is 6.26 Å². The molecule has 7 nitrogen and oxygen atoms in total. The van der Waals surface area contributed by atoms with Gasteiger partial charge in [-0.3, -0.25) is 4.79 Å². The van der Waals surface area contributed by atoms with Crippen LogP contribution < -0.4 is 0 Å². The number of ether oxygens (including phenoxy) is 1. The molecule has 2 aliphatic rings. The number of furan rings is 1. The van der Waals surface area contributed by atoms with Crippen molar-refractivity contribution in [2.24, 2.45) is 0 Å². The van der Waals surface area contributed by atoms with E-state index in [1.165, 1.54) is 6.26 Å². The van der Waals surface area contributed by atoms with Gasteiger partial charge in [0.25, 0.3) is 5.91 Å². The molecule has 1 atom stereocenters. The Labute approximate surface area is 133 Å². The van der Waals surface area contributed by atoms with Gasteiger partial charge >= 0.3 is 0 Å². The molecule has 0 N–H and O–H groups in total. The molecule has 2 aliphatic heterocycles. The summed E-state index contributed by atoms with van der Waals surface area (Å²) >= 11 is 0. The minimum Gasteiger partial charge on any atom is -0.459 e. The van der Waals surface area contributed by atoms with Crippen LogP contribution in [0.5, 0.6) is 0 Å². The van der Waals surface area contributed by atoms with Gasteiger partial charge in [-0.2, -0.15) is 4.98 Å². The van der Waals surface area contributed by atoms with Gasteiger partial charge < -0.3 is 18.6 Å². The molecule has 122 valence electrons. The average Bonchev–Trinajstić information content (AvgIpc) is 3.35. The molecule has 2 fully saturated rings. The molecule has 0 aliphatic carbocycles. The van der Waals surface area contributed by atoms with Crippen molar-refractivity contribution in [3.63, 3.8) is 0 Å². The molecule has 0 aromatic carbocycles. The predicted molar refractivity (Wildman–Crippen MR) is 78.8 cm³/mol. The normalized spacial score (nSPS) is 22.6. The van der Waals surface area contributed by atoms with Gasteiger partial charge in [-0.15, -0.1) is 0 Å². The van der Waals surface area contributed by atoms with Gasteiger partial charge in [0, 0.05) is 25.7 Å². The highest BCUT2D eigenvalue weighted by molar-refractivity contribution is 5.91. The minimum absolute atomic E-state index is 0.122. The first-order chi connectivity index (χ1) is 11.3. The van der Waals surface area contributed by atoms with Gasteiger partial charge in [-0.25, -0.2) is 0 Å². The first kappa shape index (κ1) is 14.4. The third-order valence-electron chi connectivity index (χ3n) is 4.57. The number of aromatic nitrogens is 2. The molecule has 0 radical (unpaired) electrons. The number of carbonyl (C=O) groups is 1. The molecule has 0 saturated carbocycles. The van der Waals surface area contributed by atoms with Crippen LogP contribution >= 0.6 is 0 Å². The molecule has 2 aromatic heterocycles. The van der Waals surface area contributed by atoms with Gasteiger partial charge in [0.2, 0.25) is 5.89 Å². The van der Waals surface area contributed by atoms with Crippen LogP contribution in [0.15, 0.2) is 27.3 Å². The zero-order chi connectivity index (χ0) is 15.6. The van der Waals surface area contributed by atoms with Crippen LogP contribution in [-0.4, -0.2) is 40.7 Å². The van der Waals surface area contributed by atoms with Crippen LogP contribution in [0.4, 0.5) is 0 Å². The summed E-state index contributed by atoms with van der Waals surface area (Å²) < 4.78 is 16.1. The van der Waals surface area contributed by atoms with E-state index in [4.69, 9.17) is 13.7 Å². The zero-order valence-electron chi connectivity index (χ0n) is 12.8. The van der Waals surface area contributed by atoms with Crippen molar-refractivity contribution in [2.45, 2.75) is 37.6 Å². The molecule has 4 heterocycles. The molecule has 1 unspecified atom stereocenters. The fourth-order valence-electron chi connectivity index (χ4n) is 3.31. The van der Waals surface area contributed by atoms with Crippen LogP contribution in [-0.2, 0) is 4.74 Å². The molecular formula is C16H19N3O4. The predicted octanol–water partition coefficient (Wildman–Crippen LogP) is 2.53. The lowest BCUT2D eigenvalue weighted by Crippen LogP contribution is -2.30. The second-order valence-electron chi connectivity index (χ2n) is 6.01. The maximum Gasteiger partial charge on any atom is 0.290 e. The standard InChI is InChI=1S/C16H19N3O4/c20-16(13-4-2-8-22-13)19-7-1-3-12(19)15-17-14(18-23-15)11-5-9-21-10-6-11/h2,4,8,11-12H,1,3,5-7,9-10H2. The van der Waals surface area contributed by atoms with Crippen molar-refractivity contribution in [2.75, 3.05) is 19.8 Å². The number of amides is 1. The highest BCUT2D eigenvalue weighted by Gasteiger charge is 2.36. The first-order valence-corrected chi connectivity index (χ1v) is 8.08. The lowest BCUT2D eigenvalue weighted by molar-refractivity contribution is 0.0677. The van der Waals surface area contributed by atoms with Crippen LogP contribution in [0.1, 0.15) is 59.9 Å². The summed E-state index contributed by atoms with van der Waals surface area (Å²) in [6.07, 6.45) is 5.10. The average molecular weight is 317 g/mol. The summed E-state index contributed by atoms with van der Waals surface area (Å²) in [6.45, 7) is 2.15. The SMILES string of the molecule is O=C(c1ccco1)N1CCCC1c1nc(C2CCOCC2)no1. The lowest BCUT2D eigenvalue weighted by atomic mass is 10.00. The van der Waals surface area contributed by atoms with E-state index in [1.54, 1.807) is 17.0 Å².